The van der Waals surface area contributed by atoms with Crippen molar-refractivity contribution in [3.63, 3.8) is 0 Å². The topological polar surface area (TPSA) is 103 Å². The summed E-state index contributed by atoms with van der Waals surface area (Å²) in [5, 5.41) is 14.6. The van der Waals surface area contributed by atoms with Gasteiger partial charge in [-0.1, -0.05) is 23.5 Å². The summed E-state index contributed by atoms with van der Waals surface area (Å²) in [6.07, 6.45) is 5.37. The number of hydrogen-bond acceptors (Lipinski definition) is 6. The number of nitrogens with zero attached hydrogens (tertiary/aromatic N) is 3. The normalized spacial score (nSPS) is 13.5. The Morgan fingerprint density at radius 2 is 1.97 bits per heavy atom. The van der Waals surface area contributed by atoms with Gasteiger partial charge in [0.2, 0.25) is 0 Å². The number of amides is 2. The zero-order valence-corrected chi connectivity index (χ0v) is 18.3. The van der Waals surface area contributed by atoms with Crippen LogP contribution in [0.2, 0.25) is 0 Å². The Morgan fingerprint density at radius 1 is 1.12 bits per heavy atom. The van der Waals surface area contributed by atoms with E-state index in [1.54, 1.807) is 12.4 Å². The Kier molecular flexibility index (Phi) is 5.32. The van der Waals surface area contributed by atoms with Crippen molar-refractivity contribution in [1.29, 1.82) is 0 Å². The predicted octanol–water partition coefficient (Wildman–Crippen LogP) is 4.56. The number of benzene rings is 2. The van der Waals surface area contributed by atoms with Crippen LogP contribution in [0.1, 0.15) is 38.4 Å². The van der Waals surface area contributed by atoms with Gasteiger partial charge in [0.05, 0.1) is 23.6 Å². The summed E-state index contributed by atoms with van der Waals surface area (Å²) >= 11 is 1.25. The SMILES string of the molecule is Cc1ccc2[nH]ncc2c1NC(=O)c1cnc(Nc2cccc(C(=O)N3CCCC3)c2)s1. The third-order valence-electron chi connectivity index (χ3n) is 5.55. The Morgan fingerprint density at radius 3 is 2.81 bits per heavy atom. The standard InChI is InChI=1S/C23H22N6O2S/c1-14-7-8-18-17(12-25-28-18)20(14)27-21(30)19-13-24-23(32-19)26-16-6-4-5-15(11-16)22(31)29-9-2-3-10-29/h4-8,11-13H,2-3,9-10H2,1H3,(H,24,26)(H,25,28)(H,27,30). The number of rotatable bonds is 5. The smallest absolute Gasteiger partial charge is 0.267 e. The molecule has 4 aromatic rings. The average Bonchev–Trinajstić information content (AvgIpc) is 3.57. The van der Waals surface area contributed by atoms with Crippen LogP contribution in [0.15, 0.2) is 48.8 Å². The van der Waals surface area contributed by atoms with E-state index in [9.17, 15) is 9.59 Å². The number of H-pyrrole nitrogens is 1. The number of hydrogen-bond donors (Lipinski definition) is 3. The molecule has 1 aliphatic rings. The highest BCUT2D eigenvalue weighted by molar-refractivity contribution is 7.17. The van der Waals surface area contributed by atoms with Gasteiger partial charge in [0.1, 0.15) is 4.88 Å². The maximum atomic E-state index is 12.8. The lowest BCUT2D eigenvalue weighted by Crippen LogP contribution is -2.27. The number of anilines is 3. The first-order valence-corrected chi connectivity index (χ1v) is 11.3. The predicted molar refractivity (Wildman–Crippen MR) is 126 cm³/mol. The quantitative estimate of drug-likeness (QED) is 0.417. The summed E-state index contributed by atoms with van der Waals surface area (Å²) in [4.78, 5) is 32.2. The number of thiazole rings is 1. The van der Waals surface area contributed by atoms with E-state index in [1.165, 1.54) is 11.3 Å². The van der Waals surface area contributed by atoms with E-state index in [1.807, 2.05) is 48.2 Å². The van der Waals surface area contributed by atoms with Gasteiger partial charge in [-0.2, -0.15) is 5.10 Å². The van der Waals surface area contributed by atoms with Crippen LogP contribution in [0, 0.1) is 6.92 Å². The Bertz CT molecular complexity index is 1300. The molecule has 2 amide bonds. The molecule has 162 valence electrons. The molecule has 1 aliphatic heterocycles. The van der Waals surface area contributed by atoms with E-state index in [0.29, 0.717) is 15.6 Å². The molecule has 0 saturated carbocycles. The highest BCUT2D eigenvalue weighted by Crippen LogP contribution is 2.28. The number of aromatic nitrogens is 3. The zero-order chi connectivity index (χ0) is 22.1. The molecule has 0 atom stereocenters. The van der Waals surface area contributed by atoms with E-state index in [-0.39, 0.29) is 11.8 Å². The molecular formula is C23H22N6O2S. The van der Waals surface area contributed by atoms with Crippen molar-refractivity contribution in [2.24, 2.45) is 0 Å². The molecule has 1 fully saturated rings. The van der Waals surface area contributed by atoms with E-state index in [2.05, 4.69) is 25.8 Å². The lowest BCUT2D eigenvalue weighted by molar-refractivity contribution is 0.0792. The fourth-order valence-electron chi connectivity index (χ4n) is 3.86. The Labute approximate surface area is 188 Å². The molecule has 0 radical (unpaired) electrons. The minimum absolute atomic E-state index is 0.0501. The maximum absolute atomic E-state index is 12.8. The molecule has 9 heteroatoms. The molecule has 0 bridgehead atoms. The second-order valence-electron chi connectivity index (χ2n) is 7.78. The molecule has 1 saturated heterocycles. The van der Waals surface area contributed by atoms with Crippen molar-refractivity contribution in [2.75, 3.05) is 23.7 Å². The summed E-state index contributed by atoms with van der Waals surface area (Å²) in [5.41, 5.74) is 3.96. The fraction of sp³-hybridized carbons (Fsp3) is 0.217. The highest BCUT2D eigenvalue weighted by atomic mass is 32.1. The van der Waals surface area contributed by atoms with Crippen molar-refractivity contribution in [1.82, 2.24) is 20.1 Å². The summed E-state index contributed by atoms with van der Waals surface area (Å²) < 4.78 is 0. The second kappa shape index (κ2) is 8.43. The van der Waals surface area contributed by atoms with Crippen LogP contribution in [0.5, 0.6) is 0 Å². The molecule has 3 heterocycles. The van der Waals surface area contributed by atoms with Crippen LogP contribution in [0.3, 0.4) is 0 Å². The number of nitrogens with one attached hydrogen (secondary N) is 3. The molecule has 5 rings (SSSR count). The minimum Gasteiger partial charge on any atom is -0.339 e. The monoisotopic (exact) mass is 446 g/mol. The highest BCUT2D eigenvalue weighted by Gasteiger charge is 2.20. The molecule has 8 nitrogen and oxygen atoms in total. The second-order valence-corrected chi connectivity index (χ2v) is 8.81. The molecule has 2 aromatic heterocycles. The number of aromatic amines is 1. The third-order valence-corrected chi connectivity index (χ3v) is 6.47. The van der Waals surface area contributed by atoms with Crippen molar-refractivity contribution in [2.45, 2.75) is 19.8 Å². The molecule has 0 spiro atoms. The van der Waals surface area contributed by atoms with Gasteiger partial charge < -0.3 is 15.5 Å². The van der Waals surface area contributed by atoms with Gasteiger partial charge in [0.25, 0.3) is 11.8 Å². The summed E-state index contributed by atoms with van der Waals surface area (Å²) in [6, 6.07) is 11.2. The number of likely N-dealkylation sites (tertiary alicyclic amines) is 1. The van der Waals surface area contributed by atoms with Crippen LogP contribution in [0.4, 0.5) is 16.5 Å². The van der Waals surface area contributed by atoms with Crippen molar-refractivity contribution in [3.05, 3.63) is 64.8 Å². The first kappa shape index (κ1) is 20.2. The summed E-state index contributed by atoms with van der Waals surface area (Å²) in [6.45, 7) is 3.57. The lowest BCUT2D eigenvalue weighted by atomic mass is 10.1. The number of fused-ring (bicyclic) bond motifs is 1. The molecule has 0 unspecified atom stereocenters. The number of carbonyl (C=O) groups excluding carboxylic acids is 2. The van der Waals surface area contributed by atoms with Crippen LogP contribution in [0.25, 0.3) is 10.9 Å². The van der Waals surface area contributed by atoms with Crippen LogP contribution >= 0.6 is 11.3 Å². The lowest BCUT2D eigenvalue weighted by Gasteiger charge is -2.15. The van der Waals surface area contributed by atoms with Crippen LogP contribution in [-0.4, -0.2) is 45.0 Å². The fourth-order valence-corrected chi connectivity index (χ4v) is 4.59. The van der Waals surface area contributed by atoms with Gasteiger partial charge in [0, 0.05) is 29.7 Å². The van der Waals surface area contributed by atoms with E-state index in [0.717, 1.165) is 53.8 Å². The number of carbonyl (C=O) groups is 2. The molecule has 3 N–H and O–H groups in total. The van der Waals surface area contributed by atoms with Gasteiger partial charge in [-0.25, -0.2) is 4.98 Å². The zero-order valence-electron chi connectivity index (χ0n) is 17.5. The largest absolute Gasteiger partial charge is 0.339 e. The van der Waals surface area contributed by atoms with Crippen LogP contribution < -0.4 is 10.6 Å². The van der Waals surface area contributed by atoms with Crippen molar-refractivity contribution < 1.29 is 9.59 Å². The van der Waals surface area contributed by atoms with Gasteiger partial charge in [-0.05, 0) is 49.6 Å². The minimum atomic E-state index is -0.231. The third kappa shape index (κ3) is 3.94. The average molecular weight is 447 g/mol. The first-order chi connectivity index (χ1) is 15.6. The van der Waals surface area contributed by atoms with Gasteiger partial charge in [-0.3, -0.25) is 14.7 Å². The first-order valence-electron chi connectivity index (χ1n) is 10.4. The van der Waals surface area contributed by atoms with E-state index >= 15 is 0 Å². The molecule has 32 heavy (non-hydrogen) atoms. The molecule has 2 aromatic carbocycles. The van der Waals surface area contributed by atoms with Gasteiger partial charge in [-0.15, -0.1) is 0 Å². The summed E-state index contributed by atoms with van der Waals surface area (Å²) in [7, 11) is 0. The van der Waals surface area contributed by atoms with Gasteiger partial charge >= 0.3 is 0 Å². The van der Waals surface area contributed by atoms with Crippen LogP contribution in [-0.2, 0) is 0 Å². The maximum Gasteiger partial charge on any atom is 0.267 e. The van der Waals surface area contributed by atoms with Crippen molar-refractivity contribution >= 4 is 50.6 Å². The Balaban J connectivity index is 1.30. The van der Waals surface area contributed by atoms with E-state index in [4.69, 9.17) is 0 Å². The molecular weight excluding hydrogens is 424 g/mol. The van der Waals surface area contributed by atoms with E-state index < -0.39 is 0 Å². The summed E-state index contributed by atoms with van der Waals surface area (Å²) in [5.74, 6) is -0.181. The number of aryl methyl sites for hydroxylation is 1. The Hall–Kier alpha value is -3.72. The van der Waals surface area contributed by atoms with Gasteiger partial charge in [0.15, 0.2) is 5.13 Å². The molecule has 0 aliphatic carbocycles. The van der Waals surface area contributed by atoms with Crippen molar-refractivity contribution in [3.8, 4) is 0 Å².